The lowest BCUT2D eigenvalue weighted by molar-refractivity contribution is 0.255. The number of hydrogen-bond acceptors (Lipinski definition) is 1. The molecule has 0 saturated heterocycles. The molecule has 4 rings (SSSR count). The van der Waals surface area contributed by atoms with Crippen molar-refractivity contribution in [1.29, 1.82) is 0 Å². The zero-order valence-corrected chi connectivity index (χ0v) is 14.5. The molecule has 126 valence electrons. The maximum Gasteiger partial charge on any atom is 0.123 e. The number of H-pyrrole nitrogens is 1. The zero-order chi connectivity index (χ0) is 17.4. The summed E-state index contributed by atoms with van der Waals surface area (Å²) in [5.41, 5.74) is 3.40. The molecule has 0 unspecified atom stereocenters. The molecule has 4 aromatic rings. The van der Waals surface area contributed by atoms with Crippen LogP contribution < -0.4 is 0 Å². The van der Waals surface area contributed by atoms with Crippen LogP contribution >= 0.6 is 0 Å². The molecule has 0 amide bonds. The van der Waals surface area contributed by atoms with Crippen LogP contribution in [0.4, 0.5) is 4.39 Å². The number of benzene rings is 3. The van der Waals surface area contributed by atoms with Gasteiger partial charge in [0.2, 0.25) is 0 Å². The lowest BCUT2D eigenvalue weighted by atomic mass is 9.98. The largest absolute Gasteiger partial charge is 0.361 e. The van der Waals surface area contributed by atoms with Crippen LogP contribution in [-0.2, 0) is 6.54 Å². The van der Waals surface area contributed by atoms with Gasteiger partial charge in [-0.15, -0.1) is 0 Å². The summed E-state index contributed by atoms with van der Waals surface area (Å²) in [6.45, 7) is 2.98. The Morgan fingerprint density at radius 3 is 2.68 bits per heavy atom. The Labute approximate surface area is 146 Å². The third-order valence-corrected chi connectivity index (χ3v) is 5.08. The van der Waals surface area contributed by atoms with E-state index in [-0.39, 0.29) is 11.9 Å². The summed E-state index contributed by atoms with van der Waals surface area (Å²) in [5, 5.41) is 3.50. The minimum atomic E-state index is -0.196. The molecule has 0 spiro atoms. The Bertz CT molecular complexity index is 1030. The molecule has 0 aliphatic carbocycles. The van der Waals surface area contributed by atoms with Crippen LogP contribution in [0.1, 0.15) is 24.1 Å². The number of aromatic nitrogens is 1. The minimum Gasteiger partial charge on any atom is -0.361 e. The highest BCUT2D eigenvalue weighted by atomic mass is 19.1. The standard InChI is InChI=1S/C22H21FN2/c1-15(19-9-5-7-16-6-3-4-8-20(16)19)25(2)14-17-13-24-22-11-10-18(23)12-21(17)22/h3-13,15,24H,14H2,1-2H3/t15-/m1/s1. The van der Waals surface area contributed by atoms with E-state index in [0.717, 1.165) is 23.0 Å². The van der Waals surface area contributed by atoms with Crippen LogP contribution in [0.3, 0.4) is 0 Å². The van der Waals surface area contributed by atoms with Gasteiger partial charge in [-0.2, -0.15) is 0 Å². The third-order valence-electron chi connectivity index (χ3n) is 5.08. The third kappa shape index (κ3) is 2.92. The lowest BCUT2D eigenvalue weighted by Gasteiger charge is -2.26. The SMILES string of the molecule is C[C@H](c1cccc2ccccc12)N(C)Cc1c[nH]c2ccc(F)cc12. The summed E-state index contributed by atoms with van der Waals surface area (Å²) in [5.74, 6) is -0.196. The molecule has 0 aliphatic rings. The lowest BCUT2D eigenvalue weighted by Crippen LogP contribution is -2.22. The van der Waals surface area contributed by atoms with E-state index in [1.165, 1.54) is 22.4 Å². The van der Waals surface area contributed by atoms with E-state index < -0.39 is 0 Å². The van der Waals surface area contributed by atoms with Crippen molar-refractivity contribution in [1.82, 2.24) is 9.88 Å². The first kappa shape index (κ1) is 15.9. The molecule has 3 heteroatoms. The summed E-state index contributed by atoms with van der Waals surface area (Å²) in [4.78, 5) is 5.54. The average molecular weight is 332 g/mol. The first-order valence-corrected chi connectivity index (χ1v) is 8.57. The fourth-order valence-corrected chi connectivity index (χ4v) is 3.54. The van der Waals surface area contributed by atoms with E-state index >= 15 is 0 Å². The summed E-state index contributed by atoms with van der Waals surface area (Å²) < 4.78 is 13.6. The summed E-state index contributed by atoms with van der Waals surface area (Å²) in [7, 11) is 2.12. The van der Waals surface area contributed by atoms with Gasteiger partial charge in [-0.3, -0.25) is 4.90 Å². The van der Waals surface area contributed by atoms with Crippen molar-refractivity contribution >= 4 is 21.7 Å². The van der Waals surface area contributed by atoms with Crippen molar-refractivity contribution in [3.8, 4) is 0 Å². The predicted molar refractivity (Wildman–Crippen MR) is 102 cm³/mol. The fraction of sp³-hybridized carbons (Fsp3) is 0.182. The number of hydrogen-bond donors (Lipinski definition) is 1. The highest BCUT2D eigenvalue weighted by molar-refractivity contribution is 5.86. The first-order chi connectivity index (χ1) is 12.1. The van der Waals surface area contributed by atoms with Crippen molar-refractivity contribution in [3.63, 3.8) is 0 Å². The van der Waals surface area contributed by atoms with Crippen molar-refractivity contribution in [3.05, 3.63) is 83.8 Å². The predicted octanol–water partition coefficient (Wildman–Crippen LogP) is 5.65. The second kappa shape index (κ2) is 6.34. The quantitative estimate of drug-likeness (QED) is 0.511. The molecule has 2 nitrogen and oxygen atoms in total. The van der Waals surface area contributed by atoms with Crippen LogP contribution in [0.15, 0.2) is 66.9 Å². The molecule has 1 atom stereocenters. The molecule has 3 aromatic carbocycles. The van der Waals surface area contributed by atoms with Gasteiger partial charge < -0.3 is 4.98 Å². The fourth-order valence-electron chi connectivity index (χ4n) is 3.54. The summed E-state index contributed by atoms with van der Waals surface area (Å²) in [6.07, 6.45) is 1.98. The van der Waals surface area contributed by atoms with E-state index in [1.807, 2.05) is 6.20 Å². The highest BCUT2D eigenvalue weighted by Gasteiger charge is 2.16. The number of nitrogens with zero attached hydrogens (tertiary/aromatic N) is 1. The van der Waals surface area contributed by atoms with E-state index in [4.69, 9.17) is 0 Å². The Kier molecular flexibility index (Phi) is 4.02. The van der Waals surface area contributed by atoms with Crippen molar-refractivity contribution in [2.75, 3.05) is 7.05 Å². The first-order valence-electron chi connectivity index (χ1n) is 8.57. The topological polar surface area (TPSA) is 19.0 Å². The molecule has 25 heavy (non-hydrogen) atoms. The van der Waals surface area contributed by atoms with Crippen LogP contribution in [0.2, 0.25) is 0 Å². The number of nitrogens with one attached hydrogen (secondary N) is 1. The van der Waals surface area contributed by atoms with Gasteiger partial charge in [-0.1, -0.05) is 42.5 Å². The van der Waals surface area contributed by atoms with Crippen molar-refractivity contribution in [2.45, 2.75) is 19.5 Å². The molecular formula is C22H21FN2. The smallest absolute Gasteiger partial charge is 0.123 e. The Balaban J connectivity index is 1.65. The van der Waals surface area contributed by atoms with Crippen LogP contribution in [0.5, 0.6) is 0 Å². The number of aromatic amines is 1. The van der Waals surface area contributed by atoms with E-state index in [1.54, 1.807) is 12.1 Å². The molecule has 0 fully saturated rings. The van der Waals surface area contributed by atoms with Gasteiger partial charge in [-0.25, -0.2) is 4.39 Å². The normalized spacial score (nSPS) is 13.0. The molecule has 0 radical (unpaired) electrons. The second-order valence-electron chi connectivity index (χ2n) is 6.66. The minimum absolute atomic E-state index is 0.196. The maximum atomic E-state index is 13.6. The molecule has 0 bridgehead atoms. The number of fused-ring (bicyclic) bond motifs is 2. The summed E-state index contributed by atoms with van der Waals surface area (Å²) >= 11 is 0. The average Bonchev–Trinajstić information content (AvgIpc) is 3.02. The van der Waals surface area contributed by atoms with Crippen LogP contribution in [0.25, 0.3) is 21.7 Å². The number of halogens is 1. The second-order valence-corrected chi connectivity index (χ2v) is 6.66. The molecule has 1 N–H and O–H groups in total. The number of rotatable bonds is 4. The molecule has 1 aromatic heterocycles. The molecule has 0 aliphatic heterocycles. The zero-order valence-electron chi connectivity index (χ0n) is 14.5. The van der Waals surface area contributed by atoms with E-state index in [9.17, 15) is 4.39 Å². The van der Waals surface area contributed by atoms with Gasteiger partial charge in [-0.05, 0) is 54.1 Å². The Morgan fingerprint density at radius 2 is 1.80 bits per heavy atom. The van der Waals surface area contributed by atoms with Gasteiger partial charge in [0.25, 0.3) is 0 Å². The van der Waals surface area contributed by atoms with Gasteiger partial charge in [0.1, 0.15) is 5.82 Å². The molecule has 1 heterocycles. The van der Waals surface area contributed by atoms with E-state index in [2.05, 4.69) is 66.3 Å². The highest BCUT2D eigenvalue weighted by Crippen LogP contribution is 2.29. The van der Waals surface area contributed by atoms with Crippen LogP contribution in [-0.4, -0.2) is 16.9 Å². The van der Waals surface area contributed by atoms with Gasteiger partial charge in [0, 0.05) is 29.7 Å². The van der Waals surface area contributed by atoms with E-state index in [0.29, 0.717) is 0 Å². The van der Waals surface area contributed by atoms with Crippen LogP contribution in [0, 0.1) is 5.82 Å². The molecular weight excluding hydrogens is 311 g/mol. The van der Waals surface area contributed by atoms with Crippen molar-refractivity contribution < 1.29 is 4.39 Å². The summed E-state index contributed by atoms with van der Waals surface area (Å²) in [6, 6.07) is 20.1. The molecule has 0 saturated carbocycles. The monoisotopic (exact) mass is 332 g/mol. The van der Waals surface area contributed by atoms with Crippen molar-refractivity contribution in [2.24, 2.45) is 0 Å². The Hall–Kier alpha value is -2.65. The van der Waals surface area contributed by atoms with Gasteiger partial charge in [0.05, 0.1) is 0 Å². The maximum absolute atomic E-state index is 13.6. The van der Waals surface area contributed by atoms with Gasteiger partial charge >= 0.3 is 0 Å². The Morgan fingerprint density at radius 1 is 1.00 bits per heavy atom. The van der Waals surface area contributed by atoms with Gasteiger partial charge in [0.15, 0.2) is 0 Å².